The quantitative estimate of drug-likeness (QED) is 0.107. The molecule has 0 spiro atoms. The second kappa shape index (κ2) is 27.5. The highest BCUT2D eigenvalue weighted by atomic mass is 19.1. The van der Waals surface area contributed by atoms with Gasteiger partial charge < -0.3 is 13.3 Å². The van der Waals surface area contributed by atoms with E-state index in [-0.39, 0.29) is 17.2 Å². The summed E-state index contributed by atoms with van der Waals surface area (Å²) in [6.45, 7) is 6.27. The number of furan rings is 3. The van der Waals surface area contributed by atoms with Gasteiger partial charge in [-0.25, -0.2) is 31.3 Å². The Labute approximate surface area is 641 Å². The average molecular weight is 1470 g/mol. The predicted octanol–water partition coefficient (Wildman–Crippen LogP) is 24.5. The molecule has 21 rings (SSSR count). The van der Waals surface area contributed by atoms with Crippen LogP contribution in [-0.4, -0.2) is 13.7 Å². The molecule has 0 saturated carbocycles. The van der Waals surface area contributed by atoms with Crippen molar-refractivity contribution in [3.63, 3.8) is 0 Å². The smallest absolute Gasteiger partial charge is 0.295 e. The maximum absolute atomic E-state index is 14.5. The Morgan fingerprint density at radius 2 is 0.625 bits per heavy atom. The zero-order valence-corrected chi connectivity index (χ0v) is 62.0. The Morgan fingerprint density at radius 3 is 1.12 bits per heavy atom. The molecule has 0 aliphatic rings. The van der Waals surface area contributed by atoms with Gasteiger partial charge in [-0.05, 0) is 169 Å². The molecule has 9 nitrogen and oxygen atoms in total. The van der Waals surface area contributed by atoms with Crippen molar-refractivity contribution < 1.29 is 44.5 Å². The van der Waals surface area contributed by atoms with Gasteiger partial charge in [0.15, 0.2) is 33.1 Å². The van der Waals surface area contributed by atoms with Crippen LogP contribution in [0.1, 0.15) is 16.7 Å². The molecule has 21 aromatic rings. The first-order chi connectivity index (χ1) is 54.7. The van der Waals surface area contributed by atoms with Gasteiger partial charge in [-0.3, -0.25) is 0 Å². The predicted molar refractivity (Wildman–Crippen MR) is 442 cm³/mol. The van der Waals surface area contributed by atoms with Gasteiger partial charge in [-0.2, -0.15) is 13.7 Å². The van der Waals surface area contributed by atoms with E-state index in [0.717, 1.165) is 173 Å². The summed E-state index contributed by atoms with van der Waals surface area (Å²) in [6, 6.07) is 106. The molecule has 0 unspecified atom stereocenters. The van der Waals surface area contributed by atoms with Crippen molar-refractivity contribution in [2.24, 2.45) is 21.1 Å². The number of para-hydroxylation sites is 9. The molecule has 540 valence electrons. The first-order valence-corrected chi connectivity index (χ1v) is 37.2. The fraction of sp³-hybridized carbons (Fsp3) is 0.0606. The van der Waals surface area contributed by atoms with Crippen LogP contribution < -0.4 is 13.7 Å². The first kappa shape index (κ1) is 68.4. The fourth-order valence-corrected chi connectivity index (χ4v) is 16.7. The minimum Gasteiger partial charge on any atom is -0.456 e. The third-order valence-electron chi connectivity index (χ3n) is 21.8. The average Bonchev–Trinajstić information content (AvgIpc) is 1.57. The topological polar surface area (TPSA) is 65.8 Å². The molecule has 6 aromatic heterocycles. The SMILES string of the molecule is Cc1cc2c(cc1-c1n(-c3c(-c4ccccc4)cccc3-c3ccccc3)c3ccccc3[n+]1C)oc1cc(F)ccc12.Cc1cc2c(cc1-c1n(-c3ccccc3)c3ccccc3[n+]1C)oc1cc(F)cc(F)c12.Cc1cc2c(cc1-c1n(-c3ccccc3-c3ccccc3)c3ccccc3[n+]1C)oc1cc(F)ccc12. The third-order valence-corrected chi connectivity index (χ3v) is 21.8. The number of aryl methyl sites for hydroxylation is 6. The fourth-order valence-electron chi connectivity index (χ4n) is 16.7. The van der Waals surface area contributed by atoms with Crippen LogP contribution in [0, 0.1) is 44.0 Å². The van der Waals surface area contributed by atoms with Crippen LogP contribution in [-0.2, 0) is 21.1 Å². The Balaban J connectivity index is 0.000000114. The van der Waals surface area contributed by atoms with E-state index in [1.807, 2.05) is 62.5 Å². The van der Waals surface area contributed by atoms with Gasteiger partial charge in [-0.1, -0.05) is 182 Å². The van der Waals surface area contributed by atoms with Crippen molar-refractivity contribution in [1.29, 1.82) is 0 Å². The van der Waals surface area contributed by atoms with Crippen molar-refractivity contribution in [2.45, 2.75) is 20.8 Å². The number of imidazole rings is 3. The maximum Gasteiger partial charge on any atom is 0.295 e. The van der Waals surface area contributed by atoms with Gasteiger partial charge in [0.05, 0.1) is 43.2 Å². The zero-order chi connectivity index (χ0) is 76.2. The van der Waals surface area contributed by atoms with Crippen LogP contribution in [0.5, 0.6) is 0 Å². The van der Waals surface area contributed by atoms with Gasteiger partial charge in [0.2, 0.25) is 0 Å². The Morgan fingerprint density at radius 1 is 0.268 bits per heavy atom. The highest BCUT2D eigenvalue weighted by Gasteiger charge is 2.34. The number of halogens is 4. The summed E-state index contributed by atoms with van der Waals surface area (Å²) in [5, 5.41) is 4.76. The monoisotopic (exact) mass is 1470 g/mol. The molecule has 13 heteroatoms. The Hall–Kier alpha value is -14.2. The highest BCUT2D eigenvalue weighted by molar-refractivity contribution is 6.09. The Bertz CT molecular complexity index is 7260. The molecule has 0 fully saturated rings. The van der Waals surface area contributed by atoms with Gasteiger partial charge in [0.25, 0.3) is 17.5 Å². The van der Waals surface area contributed by atoms with E-state index in [9.17, 15) is 17.6 Å². The number of hydrogen-bond acceptors (Lipinski definition) is 3. The lowest BCUT2D eigenvalue weighted by atomic mass is 9.95. The lowest BCUT2D eigenvalue weighted by Crippen LogP contribution is -2.30. The minimum absolute atomic E-state index is 0.210. The summed E-state index contributed by atoms with van der Waals surface area (Å²) in [6.07, 6.45) is 0. The van der Waals surface area contributed by atoms with Crippen LogP contribution in [0.25, 0.3) is 184 Å². The standard InChI is InChI=1S/C39H28FN2O.C33H24FN2O.C27H19F2N2O/c1-25-22-33-31-21-20-28(40)23-36(31)43-37(33)24-32(25)39-41(2)34-18-9-10-19-35(34)42(39)38-29(26-12-5-3-6-13-26)16-11-17-30(38)27-14-7-4-8-15-27;1-21-18-27-25-17-16-23(34)19-31(25)37-32(27)20-26(21)33-35(2)29-14-8-9-15-30(29)36(33)28-13-7-6-12-24(28)22-10-4-3-5-11-22;1-16-12-20-24(32-25-14-17(28)13-21(29)26(20)25)15-19(16)27-30(2)22-10-6-7-11-23(22)31(27)18-8-4-3-5-9-18/h3-24H,1-2H3;3-20H,1-2H3;3-15H,1-2H3/q3*+1. The van der Waals surface area contributed by atoms with Crippen molar-refractivity contribution in [1.82, 2.24) is 13.7 Å². The summed E-state index contributed by atoms with van der Waals surface area (Å²) in [5.41, 5.74) is 26.4. The second-order valence-corrected chi connectivity index (χ2v) is 28.6. The zero-order valence-electron chi connectivity index (χ0n) is 62.0. The lowest BCUT2D eigenvalue weighted by Gasteiger charge is -2.15. The second-order valence-electron chi connectivity index (χ2n) is 28.6. The first-order valence-electron chi connectivity index (χ1n) is 37.2. The lowest BCUT2D eigenvalue weighted by molar-refractivity contribution is -0.634. The molecule has 6 heterocycles. The van der Waals surface area contributed by atoms with Crippen molar-refractivity contribution in [3.8, 4) is 84.6 Å². The molecular formula is C99H71F4N6O3+3. The third kappa shape index (κ3) is 11.5. The van der Waals surface area contributed by atoms with Crippen LogP contribution in [0.3, 0.4) is 0 Å². The molecule has 112 heavy (non-hydrogen) atoms. The molecule has 0 amide bonds. The molecule has 0 bridgehead atoms. The van der Waals surface area contributed by atoms with Crippen LogP contribution >= 0.6 is 0 Å². The summed E-state index contributed by atoms with van der Waals surface area (Å²) >= 11 is 0. The van der Waals surface area contributed by atoms with Gasteiger partial charge in [0, 0.05) is 67.9 Å². The molecule has 15 aromatic carbocycles. The molecular weight excluding hydrogens is 1400 g/mol. The number of fused-ring (bicyclic) bond motifs is 12. The Kier molecular flexibility index (Phi) is 16.8. The van der Waals surface area contributed by atoms with E-state index in [0.29, 0.717) is 27.5 Å². The normalized spacial score (nSPS) is 11.7. The molecule has 0 aliphatic heterocycles. The van der Waals surface area contributed by atoms with Gasteiger partial charge in [0.1, 0.15) is 73.8 Å². The van der Waals surface area contributed by atoms with Crippen LogP contribution in [0.2, 0.25) is 0 Å². The van der Waals surface area contributed by atoms with Gasteiger partial charge >= 0.3 is 0 Å². The van der Waals surface area contributed by atoms with Crippen molar-refractivity contribution in [3.05, 3.63) is 361 Å². The summed E-state index contributed by atoms with van der Waals surface area (Å²) in [4.78, 5) is 0. The molecule has 0 N–H and O–H groups in total. The number of aromatic nitrogens is 6. The van der Waals surface area contributed by atoms with E-state index in [1.165, 1.54) is 30.3 Å². The minimum atomic E-state index is -0.651. The maximum atomic E-state index is 14.5. The number of benzene rings is 15. The highest BCUT2D eigenvalue weighted by Crippen LogP contribution is 2.45. The molecule has 0 aliphatic carbocycles. The molecule has 0 radical (unpaired) electrons. The molecule has 0 saturated heterocycles. The summed E-state index contributed by atoms with van der Waals surface area (Å²) in [5.74, 6) is 1.19. The number of hydrogen-bond donors (Lipinski definition) is 0. The van der Waals surface area contributed by atoms with E-state index >= 15 is 0 Å². The largest absolute Gasteiger partial charge is 0.456 e. The number of nitrogens with zero attached hydrogens (tertiary/aromatic N) is 6. The van der Waals surface area contributed by atoms with Crippen molar-refractivity contribution in [2.75, 3.05) is 0 Å². The van der Waals surface area contributed by atoms with E-state index < -0.39 is 11.6 Å². The van der Waals surface area contributed by atoms with Crippen LogP contribution in [0.4, 0.5) is 17.6 Å². The van der Waals surface area contributed by atoms with Gasteiger partial charge in [-0.15, -0.1) is 0 Å². The molecule has 0 atom stereocenters. The van der Waals surface area contributed by atoms with E-state index in [1.54, 1.807) is 12.1 Å². The van der Waals surface area contributed by atoms with Crippen LogP contribution in [0.15, 0.2) is 335 Å². The van der Waals surface area contributed by atoms with Crippen molar-refractivity contribution >= 4 is 98.9 Å². The van der Waals surface area contributed by atoms with E-state index in [4.69, 9.17) is 13.3 Å². The summed E-state index contributed by atoms with van der Waals surface area (Å²) < 4.78 is 88.2. The number of rotatable bonds is 9. The summed E-state index contributed by atoms with van der Waals surface area (Å²) in [7, 11) is 6.27. The van der Waals surface area contributed by atoms with E-state index in [2.05, 4.69) is 280 Å².